The van der Waals surface area contributed by atoms with Crippen molar-refractivity contribution in [2.45, 2.75) is 12.5 Å². The second kappa shape index (κ2) is 8.49. The Morgan fingerprint density at radius 1 is 1.00 bits per heavy atom. The zero-order valence-electron chi connectivity index (χ0n) is 13.8. The van der Waals surface area contributed by atoms with Crippen LogP contribution >= 0.6 is 15.9 Å². The zero-order valence-corrected chi connectivity index (χ0v) is 15.4. The van der Waals surface area contributed by atoms with Gasteiger partial charge in [-0.25, -0.2) is 0 Å². The molecule has 0 radical (unpaired) electrons. The maximum atomic E-state index is 12.8. The lowest BCUT2D eigenvalue weighted by Gasteiger charge is -2.18. The average Bonchev–Trinajstić information content (AvgIpc) is 3.17. The topological polar surface area (TPSA) is 71.3 Å². The van der Waals surface area contributed by atoms with Crippen LogP contribution in [0.1, 0.15) is 16.1 Å². The standard InChI is InChI=1S/C20H17BrN2O3/c21-15-8-4-9-16(13-15)22-19(24)17(12-14-6-2-1-3-7-14)23-20(25)18-10-5-11-26-18/h1-11,13,17H,12H2,(H,22,24)(H,23,25)/t17-/m0/s1. The van der Waals surface area contributed by atoms with Crippen molar-refractivity contribution < 1.29 is 14.0 Å². The molecule has 5 nitrogen and oxygen atoms in total. The van der Waals surface area contributed by atoms with Crippen LogP contribution in [-0.4, -0.2) is 17.9 Å². The van der Waals surface area contributed by atoms with Crippen LogP contribution in [0.4, 0.5) is 5.69 Å². The number of furan rings is 1. The minimum absolute atomic E-state index is 0.165. The first kappa shape index (κ1) is 17.9. The van der Waals surface area contributed by atoms with Gasteiger partial charge in [-0.3, -0.25) is 9.59 Å². The summed E-state index contributed by atoms with van der Waals surface area (Å²) in [7, 11) is 0. The molecule has 0 bridgehead atoms. The van der Waals surface area contributed by atoms with Gasteiger partial charge in [0.05, 0.1) is 6.26 Å². The van der Waals surface area contributed by atoms with E-state index in [0.717, 1.165) is 10.0 Å². The van der Waals surface area contributed by atoms with Gasteiger partial charge in [0.1, 0.15) is 6.04 Å². The Labute approximate surface area is 159 Å². The van der Waals surface area contributed by atoms with Crippen molar-refractivity contribution in [2.24, 2.45) is 0 Å². The van der Waals surface area contributed by atoms with Crippen molar-refractivity contribution in [3.63, 3.8) is 0 Å². The third-order valence-corrected chi connectivity index (χ3v) is 4.23. The fraction of sp³-hybridized carbons (Fsp3) is 0.100. The Balaban J connectivity index is 1.77. The molecule has 3 rings (SSSR count). The number of hydrogen-bond acceptors (Lipinski definition) is 3. The highest BCUT2D eigenvalue weighted by molar-refractivity contribution is 9.10. The minimum atomic E-state index is -0.742. The molecule has 26 heavy (non-hydrogen) atoms. The molecule has 0 fully saturated rings. The van der Waals surface area contributed by atoms with E-state index in [4.69, 9.17) is 4.42 Å². The van der Waals surface area contributed by atoms with Crippen LogP contribution in [0.5, 0.6) is 0 Å². The SMILES string of the molecule is O=C(N[C@@H](Cc1ccccc1)C(=O)Nc1cccc(Br)c1)c1ccco1. The first-order chi connectivity index (χ1) is 12.6. The molecule has 0 unspecified atom stereocenters. The Bertz CT molecular complexity index is 879. The number of anilines is 1. The van der Waals surface area contributed by atoms with Crippen molar-refractivity contribution >= 4 is 33.4 Å². The van der Waals surface area contributed by atoms with Crippen LogP contribution in [-0.2, 0) is 11.2 Å². The number of benzene rings is 2. The number of hydrogen-bond donors (Lipinski definition) is 2. The van der Waals surface area contributed by atoms with Crippen LogP contribution < -0.4 is 10.6 Å². The Hall–Kier alpha value is -2.86. The summed E-state index contributed by atoms with van der Waals surface area (Å²) in [6, 6.07) is 19.3. The second-order valence-corrected chi connectivity index (χ2v) is 6.61. The van der Waals surface area contributed by atoms with Gasteiger partial charge in [-0.1, -0.05) is 52.3 Å². The van der Waals surface area contributed by atoms with E-state index in [9.17, 15) is 9.59 Å². The quantitative estimate of drug-likeness (QED) is 0.641. The summed E-state index contributed by atoms with van der Waals surface area (Å²) in [6.45, 7) is 0. The highest BCUT2D eigenvalue weighted by atomic mass is 79.9. The van der Waals surface area contributed by atoms with Gasteiger partial charge in [0.25, 0.3) is 5.91 Å². The lowest BCUT2D eigenvalue weighted by atomic mass is 10.0. The van der Waals surface area contributed by atoms with E-state index in [1.54, 1.807) is 24.3 Å². The van der Waals surface area contributed by atoms with E-state index in [-0.39, 0.29) is 11.7 Å². The number of amides is 2. The van der Waals surface area contributed by atoms with Crippen LogP contribution in [0.2, 0.25) is 0 Å². The molecular formula is C20H17BrN2O3. The van der Waals surface area contributed by atoms with Crippen molar-refractivity contribution in [1.29, 1.82) is 0 Å². The van der Waals surface area contributed by atoms with E-state index in [0.29, 0.717) is 12.1 Å². The fourth-order valence-corrected chi connectivity index (χ4v) is 2.89. The molecule has 2 amide bonds. The summed E-state index contributed by atoms with van der Waals surface area (Å²) >= 11 is 3.38. The maximum absolute atomic E-state index is 12.8. The molecule has 1 heterocycles. The Morgan fingerprint density at radius 3 is 2.50 bits per heavy atom. The molecule has 0 aliphatic heterocycles. The number of rotatable bonds is 6. The van der Waals surface area contributed by atoms with Crippen LogP contribution in [0.25, 0.3) is 0 Å². The summed E-state index contributed by atoms with van der Waals surface area (Å²) < 4.78 is 5.97. The lowest BCUT2D eigenvalue weighted by Crippen LogP contribution is -2.45. The molecule has 132 valence electrons. The zero-order chi connectivity index (χ0) is 18.4. The molecule has 1 atom stereocenters. The largest absolute Gasteiger partial charge is 0.459 e. The number of nitrogens with one attached hydrogen (secondary N) is 2. The normalized spacial score (nSPS) is 11.6. The van der Waals surface area contributed by atoms with Crippen LogP contribution in [0, 0.1) is 0 Å². The Morgan fingerprint density at radius 2 is 1.81 bits per heavy atom. The third kappa shape index (κ3) is 4.83. The summed E-state index contributed by atoms with van der Waals surface area (Å²) in [6.07, 6.45) is 1.79. The smallest absolute Gasteiger partial charge is 0.287 e. The molecule has 1 aromatic heterocycles. The van der Waals surface area contributed by atoms with Gasteiger partial charge >= 0.3 is 0 Å². The monoisotopic (exact) mass is 412 g/mol. The van der Waals surface area contributed by atoms with Gasteiger partial charge < -0.3 is 15.1 Å². The number of carbonyl (C=O) groups is 2. The van der Waals surface area contributed by atoms with Gasteiger partial charge in [0.15, 0.2) is 5.76 Å². The fourth-order valence-electron chi connectivity index (χ4n) is 2.49. The van der Waals surface area contributed by atoms with E-state index >= 15 is 0 Å². The molecular weight excluding hydrogens is 396 g/mol. The summed E-state index contributed by atoms with van der Waals surface area (Å²) in [4.78, 5) is 25.1. The van der Waals surface area contributed by atoms with Gasteiger partial charge in [-0.05, 0) is 35.9 Å². The Kier molecular flexibility index (Phi) is 5.86. The maximum Gasteiger partial charge on any atom is 0.287 e. The first-order valence-electron chi connectivity index (χ1n) is 8.06. The molecule has 0 saturated carbocycles. The summed E-state index contributed by atoms with van der Waals surface area (Å²) in [5.41, 5.74) is 1.59. The second-order valence-electron chi connectivity index (χ2n) is 5.69. The van der Waals surface area contributed by atoms with Gasteiger partial charge in [-0.15, -0.1) is 0 Å². The predicted molar refractivity (Wildman–Crippen MR) is 103 cm³/mol. The van der Waals surface area contributed by atoms with Gasteiger partial charge in [0, 0.05) is 16.6 Å². The van der Waals surface area contributed by atoms with Crippen molar-refractivity contribution in [3.05, 3.63) is 88.8 Å². The molecule has 2 aromatic carbocycles. The minimum Gasteiger partial charge on any atom is -0.459 e. The third-order valence-electron chi connectivity index (χ3n) is 3.74. The van der Waals surface area contributed by atoms with Gasteiger partial charge in [0.2, 0.25) is 5.91 Å². The molecule has 0 aliphatic carbocycles. The van der Waals surface area contributed by atoms with Crippen LogP contribution in [0.15, 0.2) is 81.9 Å². The molecule has 0 saturated heterocycles. The van der Waals surface area contributed by atoms with E-state index in [1.165, 1.54) is 6.26 Å². The molecule has 2 N–H and O–H groups in total. The average molecular weight is 413 g/mol. The van der Waals surface area contributed by atoms with E-state index < -0.39 is 11.9 Å². The number of halogens is 1. The molecule has 0 spiro atoms. The highest BCUT2D eigenvalue weighted by Crippen LogP contribution is 2.16. The first-order valence-corrected chi connectivity index (χ1v) is 8.86. The van der Waals surface area contributed by atoms with Crippen molar-refractivity contribution in [2.75, 3.05) is 5.32 Å². The van der Waals surface area contributed by atoms with E-state index in [1.807, 2.05) is 42.5 Å². The highest BCUT2D eigenvalue weighted by Gasteiger charge is 2.23. The molecule has 6 heteroatoms. The summed E-state index contributed by atoms with van der Waals surface area (Å²) in [5, 5.41) is 5.59. The lowest BCUT2D eigenvalue weighted by molar-refractivity contribution is -0.118. The number of carbonyl (C=O) groups excluding carboxylic acids is 2. The van der Waals surface area contributed by atoms with Gasteiger partial charge in [-0.2, -0.15) is 0 Å². The van der Waals surface area contributed by atoms with Crippen molar-refractivity contribution in [3.8, 4) is 0 Å². The van der Waals surface area contributed by atoms with E-state index in [2.05, 4.69) is 26.6 Å². The molecule has 0 aliphatic rings. The predicted octanol–water partition coefficient (Wildman–Crippen LogP) is 4.02. The van der Waals surface area contributed by atoms with Crippen LogP contribution in [0.3, 0.4) is 0 Å². The molecule has 3 aromatic rings. The summed E-state index contributed by atoms with van der Waals surface area (Å²) in [5.74, 6) is -0.564. The van der Waals surface area contributed by atoms with Crippen molar-refractivity contribution in [1.82, 2.24) is 5.32 Å².